The van der Waals surface area contributed by atoms with Crippen LogP contribution in [0.3, 0.4) is 0 Å². The van der Waals surface area contributed by atoms with Gasteiger partial charge in [0.05, 0.1) is 11.1 Å². The number of halogens is 5. The number of benzene rings is 1. The summed E-state index contributed by atoms with van der Waals surface area (Å²) in [4.78, 5) is 11.8. The summed E-state index contributed by atoms with van der Waals surface area (Å²) in [6, 6.07) is 1.82. The summed E-state index contributed by atoms with van der Waals surface area (Å²) >= 11 is 3.32. The van der Waals surface area contributed by atoms with Crippen LogP contribution in [0, 0.1) is 11.2 Å². The minimum absolute atomic E-state index is 0.0340. The van der Waals surface area contributed by atoms with Crippen LogP contribution in [0.1, 0.15) is 28.8 Å². The van der Waals surface area contributed by atoms with Gasteiger partial charge >= 0.3 is 6.18 Å². The van der Waals surface area contributed by atoms with Crippen LogP contribution in [0.2, 0.25) is 0 Å². The highest BCUT2D eigenvalue weighted by molar-refractivity contribution is 9.09. The standard InChI is InChI=1S/C13H12BrF4NO/c14-6-12(3-4-12)7-19-11(20)9-5-8(13(16,17)18)1-2-10(9)15/h1-2,5H,3-4,6-7H2,(H,19,20). The Morgan fingerprint density at radius 1 is 1.35 bits per heavy atom. The first kappa shape index (κ1) is 15.3. The van der Waals surface area contributed by atoms with Gasteiger partial charge in [-0.3, -0.25) is 4.79 Å². The maximum atomic E-state index is 13.5. The number of hydrogen-bond acceptors (Lipinski definition) is 1. The molecule has 1 amide bonds. The van der Waals surface area contributed by atoms with Crippen molar-refractivity contribution >= 4 is 21.8 Å². The average Bonchev–Trinajstić information content (AvgIpc) is 3.16. The van der Waals surface area contributed by atoms with Crippen molar-refractivity contribution in [1.82, 2.24) is 5.32 Å². The molecule has 0 heterocycles. The van der Waals surface area contributed by atoms with E-state index in [9.17, 15) is 22.4 Å². The fourth-order valence-electron chi connectivity index (χ4n) is 1.77. The zero-order valence-electron chi connectivity index (χ0n) is 10.4. The molecule has 20 heavy (non-hydrogen) atoms. The first-order valence-corrected chi connectivity index (χ1v) is 7.10. The van der Waals surface area contributed by atoms with Crippen LogP contribution in [0.4, 0.5) is 17.6 Å². The van der Waals surface area contributed by atoms with Gasteiger partial charge in [-0.25, -0.2) is 4.39 Å². The van der Waals surface area contributed by atoms with Crippen LogP contribution < -0.4 is 5.32 Å². The van der Waals surface area contributed by atoms with Crippen LogP contribution >= 0.6 is 15.9 Å². The summed E-state index contributed by atoms with van der Waals surface area (Å²) in [5, 5.41) is 3.20. The molecule has 1 aromatic rings. The molecule has 0 saturated heterocycles. The summed E-state index contributed by atoms with van der Waals surface area (Å²) in [5.41, 5.74) is -1.65. The molecule has 0 atom stereocenters. The highest BCUT2D eigenvalue weighted by Crippen LogP contribution is 2.46. The molecule has 2 nitrogen and oxygen atoms in total. The van der Waals surface area contributed by atoms with Crippen molar-refractivity contribution in [3.05, 3.63) is 35.1 Å². The molecule has 0 spiro atoms. The highest BCUT2D eigenvalue weighted by Gasteiger charge is 2.41. The molecule has 0 aliphatic heterocycles. The molecule has 2 rings (SSSR count). The quantitative estimate of drug-likeness (QED) is 0.648. The molecule has 110 valence electrons. The number of nitrogens with one attached hydrogen (secondary N) is 1. The minimum atomic E-state index is -4.60. The Labute approximate surface area is 121 Å². The lowest BCUT2D eigenvalue weighted by Crippen LogP contribution is -2.31. The van der Waals surface area contributed by atoms with Gasteiger partial charge in [0.1, 0.15) is 5.82 Å². The van der Waals surface area contributed by atoms with Gasteiger partial charge < -0.3 is 5.32 Å². The lowest BCUT2D eigenvalue weighted by molar-refractivity contribution is -0.137. The van der Waals surface area contributed by atoms with Gasteiger partial charge in [0, 0.05) is 11.9 Å². The second-order valence-electron chi connectivity index (χ2n) is 5.01. The van der Waals surface area contributed by atoms with Crippen molar-refractivity contribution in [3.63, 3.8) is 0 Å². The van der Waals surface area contributed by atoms with E-state index in [4.69, 9.17) is 0 Å². The third-order valence-corrected chi connectivity index (χ3v) is 4.59. The Hall–Kier alpha value is -1.11. The first-order valence-electron chi connectivity index (χ1n) is 5.98. The predicted molar refractivity (Wildman–Crippen MR) is 69.2 cm³/mol. The molecule has 7 heteroatoms. The van der Waals surface area contributed by atoms with Crippen molar-refractivity contribution in [1.29, 1.82) is 0 Å². The zero-order chi connectivity index (χ0) is 15.0. The van der Waals surface area contributed by atoms with Crippen molar-refractivity contribution in [2.24, 2.45) is 5.41 Å². The van der Waals surface area contributed by atoms with E-state index in [2.05, 4.69) is 21.2 Å². The Morgan fingerprint density at radius 3 is 2.50 bits per heavy atom. The van der Waals surface area contributed by atoms with E-state index in [1.165, 1.54) is 0 Å². The van der Waals surface area contributed by atoms with E-state index >= 15 is 0 Å². The third-order valence-electron chi connectivity index (χ3n) is 3.40. The van der Waals surface area contributed by atoms with Crippen molar-refractivity contribution in [3.8, 4) is 0 Å². The summed E-state index contributed by atoms with van der Waals surface area (Å²) in [6.45, 7) is 0.326. The topological polar surface area (TPSA) is 29.1 Å². The number of rotatable bonds is 4. The molecule has 1 aliphatic rings. The van der Waals surface area contributed by atoms with Gasteiger partial charge in [-0.15, -0.1) is 0 Å². The zero-order valence-corrected chi connectivity index (χ0v) is 11.9. The summed E-state index contributed by atoms with van der Waals surface area (Å²) in [6.07, 6.45) is -2.73. The second kappa shape index (κ2) is 5.35. The molecular formula is C13H12BrF4NO. The average molecular weight is 354 g/mol. The monoisotopic (exact) mass is 353 g/mol. The van der Waals surface area contributed by atoms with Crippen LogP contribution in [0.5, 0.6) is 0 Å². The van der Waals surface area contributed by atoms with E-state index < -0.39 is 29.0 Å². The van der Waals surface area contributed by atoms with E-state index in [0.29, 0.717) is 30.1 Å². The molecule has 1 saturated carbocycles. The van der Waals surface area contributed by atoms with E-state index in [-0.39, 0.29) is 5.41 Å². The summed E-state index contributed by atoms with van der Waals surface area (Å²) in [5.74, 6) is -1.78. The fourth-order valence-corrected chi connectivity index (χ4v) is 2.53. The number of carbonyl (C=O) groups is 1. The van der Waals surface area contributed by atoms with Crippen LogP contribution in [0.15, 0.2) is 18.2 Å². The molecule has 0 radical (unpaired) electrons. The molecular weight excluding hydrogens is 342 g/mol. The van der Waals surface area contributed by atoms with Gasteiger partial charge in [-0.2, -0.15) is 13.2 Å². The van der Waals surface area contributed by atoms with Gasteiger partial charge in [-0.05, 0) is 36.5 Å². The van der Waals surface area contributed by atoms with Crippen LogP contribution in [0.25, 0.3) is 0 Å². The van der Waals surface area contributed by atoms with Crippen LogP contribution in [-0.4, -0.2) is 17.8 Å². The molecule has 1 N–H and O–H groups in total. The summed E-state index contributed by atoms with van der Waals surface area (Å²) in [7, 11) is 0. The molecule has 0 aromatic heterocycles. The van der Waals surface area contributed by atoms with Crippen molar-refractivity contribution in [2.45, 2.75) is 19.0 Å². The normalized spacial score (nSPS) is 16.9. The fraction of sp³-hybridized carbons (Fsp3) is 0.462. The lowest BCUT2D eigenvalue weighted by Gasteiger charge is -2.14. The van der Waals surface area contributed by atoms with Gasteiger partial charge in [-0.1, -0.05) is 15.9 Å². The lowest BCUT2D eigenvalue weighted by atomic mass is 10.1. The summed E-state index contributed by atoms with van der Waals surface area (Å²) < 4.78 is 51.1. The molecule has 0 bridgehead atoms. The molecule has 0 unspecified atom stereocenters. The Kier molecular flexibility index (Phi) is 4.09. The maximum absolute atomic E-state index is 13.5. The number of alkyl halides is 4. The third kappa shape index (κ3) is 3.31. The molecule has 1 aliphatic carbocycles. The molecule has 1 aromatic carbocycles. The predicted octanol–water partition coefficient (Wildman–Crippen LogP) is 3.75. The Balaban J connectivity index is 2.13. The van der Waals surface area contributed by atoms with Crippen molar-refractivity contribution in [2.75, 3.05) is 11.9 Å². The largest absolute Gasteiger partial charge is 0.416 e. The van der Waals surface area contributed by atoms with E-state index in [1.54, 1.807) is 0 Å². The SMILES string of the molecule is O=C(NCC1(CBr)CC1)c1cc(C(F)(F)F)ccc1F. The first-order chi connectivity index (χ1) is 9.27. The number of amides is 1. The minimum Gasteiger partial charge on any atom is -0.351 e. The van der Waals surface area contributed by atoms with Gasteiger partial charge in [0.2, 0.25) is 0 Å². The maximum Gasteiger partial charge on any atom is 0.416 e. The highest BCUT2D eigenvalue weighted by atomic mass is 79.9. The van der Waals surface area contributed by atoms with Gasteiger partial charge in [0.25, 0.3) is 5.91 Å². The smallest absolute Gasteiger partial charge is 0.351 e. The number of hydrogen-bond donors (Lipinski definition) is 1. The second-order valence-corrected chi connectivity index (χ2v) is 5.57. The van der Waals surface area contributed by atoms with E-state index in [1.807, 2.05) is 0 Å². The molecule has 1 fully saturated rings. The van der Waals surface area contributed by atoms with Crippen LogP contribution in [-0.2, 0) is 6.18 Å². The van der Waals surface area contributed by atoms with Crippen molar-refractivity contribution < 1.29 is 22.4 Å². The van der Waals surface area contributed by atoms with E-state index in [0.717, 1.165) is 12.8 Å². The Bertz CT molecular complexity index is 526. The van der Waals surface area contributed by atoms with Gasteiger partial charge in [0.15, 0.2) is 0 Å². The number of carbonyl (C=O) groups excluding carboxylic acids is 1. The Morgan fingerprint density at radius 2 is 2.00 bits per heavy atom.